The standard InChI is InChI=1S/C18H19NO4.C11H15NO3.C7H5FO/c1-18(2,3)23-17(21)19-14-6-10-16(11-7-14)22-15-8-4-13(12-20)5-9-15;1-11(2,3)15-10(14)12-8-4-6-9(13)7-5-8;8-7-3-1-6(5-9)2-4-7/h4-12H,1-3H3,(H,19,21);4-7,13H,1-3H3,(H,12,14);1-5H. The van der Waals surface area contributed by atoms with E-state index in [2.05, 4.69) is 10.6 Å². The van der Waals surface area contributed by atoms with E-state index in [0.29, 0.717) is 40.3 Å². The van der Waals surface area contributed by atoms with Crippen LogP contribution in [0.5, 0.6) is 17.2 Å². The molecule has 0 aliphatic rings. The Hall–Kier alpha value is -5.71. The summed E-state index contributed by atoms with van der Waals surface area (Å²) >= 11 is 0. The van der Waals surface area contributed by atoms with Crippen LogP contribution in [0.25, 0.3) is 0 Å². The van der Waals surface area contributed by atoms with E-state index in [1.54, 1.807) is 102 Å². The molecule has 248 valence electrons. The highest BCUT2D eigenvalue weighted by Gasteiger charge is 2.17. The minimum atomic E-state index is -0.541. The van der Waals surface area contributed by atoms with Gasteiger partial charge in [-0.2, -0.15) is 0 Å². The van der Waals surface area contributed by atoms with Crippen LogP contribution in [0, 0.1) is 5.82 Å². The predicted molar refractivity (Wildman–Crippen MR) is 178 cm³/mol. The van der Waals surface area contributed by atoms with Crippen LogP contribution in [0.15, 0.2) is 97.1 Å². The second kappa shape index (κ2) is 17.7. The molecule has 0 atom stereocenters. The zero-order valence-corrected chi connectivity index (χ0v) is 27.1. The molecule has 4 aromatic carbocycles. The van der Waals surface area contributed by atoms with Gasteiger partial charge in [0, 0.05) is 22.5 Å². The number of ether oxygens (including phenoxy) is 3. The van der Waals surface area contributed by atoms with Gasteiger partial charge in [0.1, 0.15) is 46.8 Å². The highest BCUT2D eigenvalue weighted by atomic mass is 19.1. The molecule has 0 aliphatic carbocycles. The van der Waals surface area contributed by atoms with Crippen LogP contribution in [0.2, 0.25) is 0 Å². The summed E-state index contributed by atoms with van der Waals surface area (Å²) in [4.78, 5) is 43.6. The second-order valence-electron chi connectivity index (χ2n) is 11.8. The van der Waals surface area contributed by atoms with Crippen LogP contribution in [-0.4, -0.2) is 41.1 Å². The van der Waals surface area contributed by atoms with Gasteiger partial charge in [-0.25, -0.2) is 14.0 Å². The van der Waals surface area contributed by atoms with Crippen molar-refractivity contribution < 1.29 is 42.9 Å². The first-order valence-electron chi connectivity index (χ1n) is 14.4. The summed E-state index contributed by atoms with van der Waals surface area (Å²) in [5.74, 6) is 1.09. The maximum absolute atomic E-state index is 12.1. The smallest absolute Gasteiger partial charge is 0.412 e. The van der Waals surface area contributed by atoms with Crippen molar-refractivity contribution in [2.75, 3.05) is 10.6 Å². The molecule has 2 amide bonds. The quantitative estimate of drug-likeness (QED) is 0.139. The lowest BCUT2D eigenvalue weighted by Gasteiger charge is -2.19. The van der Waals surface area contributed by atoms with Crippen molar-refractivity contribution in [3.63, 3.8) is 0 Å². The van der Waals surface area contributed by atoms with E-state index < -0.39 is 23.4 Å². The third-order valence-corrected chi connectivity index (χ3v) is 5.27. The number of hydrogen-bond acceptors (Lipinski definition) is 8. The molecule has 0 unspecified atom stereocenters. The Kier molecular flexibility index (Phi) is 14.1. The molecule has 4 aromatic rings. The van der Waals surface area contributed by atoms with E-state index in [1.165, 1.54) is 36.4 Å². The molecule has 0 aromatic heterocycles. The molecule has 47 heavy (non-hydrogen) atoms. The minimum Gasteiger partial charge on any atom is -0.508 e. The zero-order chi connectivity index (χ0) is 35.0. The molecule has 0 radical (unpaired) electrons. The number of hydrogen-bond donors (Lipinski definition) is 3. The number of aldehydes is 2. The number of carbonyl (C=O) groups is 4. The van der Waals surface area contributed by atoms with Crippen LogP contribution in [0.1, 0.15) is 62.3 Å². The monoisotopic (exact) mass is 646 g/mol. The summed E-state index contributed by atoms with van der Waals surface area (Å²) in [6.45, 7) is 10.8. The number of aromatic hydroxyl groups is 1. The van der Waals surface area contributed by atoms with E-state index in [4.69, 9.17) is 19.3 Å². The maximum atomic E-state index is 12.1. The highest BCUT2D eigenvalue weighted by molar-refractivity contribution is 5.85. The van der Waals surface area contributed by atoms with Crippen LogP contribution in [0.3, 0.4) is 0 Å². The minimum absolute atomic E-state index is 0.157. The molecule has 0 spiro atoms. The first kappa shape index (κ1) is 37.5. The number of nitrogens with one attached hydrogen (secondary N) is 2. The molecule has 3 N–H and O–H groups in total. The number of phenolic OH excluding ortho intramolecular Hbond substituents is 1. The second-order valence-corrected chi connectivity index (χ2v) is 11.8. The third-order valence-electron chi connectivity index (χ3n) is 5.27. The van der Waals surface area contributed by atoms with Gasteiger partial charge in [-0.1, -0.05) is 0 Å². The Morgan fingerprint density at radius 2 is 0.936 bits per heavy atom. The van der Waals surface area contributed by atoms with Gasteiger partial charge in [0.25, 0.3) is 0 Å². The first-order chi connectivity index (χ1) is 22.0. The van der Waals surface area contributed by atoms with E-state index in [0.717, 1.165) is 6.29 Å². The fourth-order valence-electron chi connectivity index (χ4n) is 3.29. The SMILES string of the molecule is CC(C)(C)OC(=O)Nc1ccc(O)cc1.CC(C)(C)OC(=O)Nc1ccc(Oc2ccc(C=O)cc2)cc1.O=Cc1ccc(F)cc1. The normalized spacial score (nSPS) is 10.4. The molecular weight excluding hydrogens is 607 g/mol. The van der Waals surface area contributed by atoms with Gasteiger partial charge in [-0.15, -0.1) is 0 Å². The van der Waals surface area contributed by atoms with E-state index >= 15 is 0 Å². The van der Waals surface area contributed by atoms with Crippen molar-refractivity contribution in [1.82, 2.24) is 0 Å². The molecule has 0 aliphatic heterocycles. The lowest BCUT2D eigenvalue weighted by atomic mass is 10.2. The van der Waals surface area contributed by atoms with Gasteiger partial charge in [0.05, 0.1) is 0 Å². The van der Waals surface area contributed by atoms with Gasteiger partial charge in [-0.3, -0.25) is 20.2 Å². The molecule has 4 rings (SSSR count). The fourth-order valence-corrected chi connectivity index (χ4v) is 3.29. The first-order valence-corrected chi connectivity index (χ1v) is 14.4. The highest BCUT2D eigenvalue weighted by Crippen LogP contribution is 2.23. The van der Waals surface area contributed by atoms with Gasteiger partial charge in [0.2, 0.25) is 0 Å². The van der Waals surface area contributed by atoms with Crippen molar-refractivity contribution in [3.05, 3.63) is 114 Å². The Morgan fingerprint density at radius 3 is 1.30 bits per heavy atom. The van der Waals surface area contributed by atoms with Crippen molar-refractivity contribution in [2.45, 2.75) is 52.7 Å². The Morgan fingerprint density at radius 1 is 0.596 bits per heavy atom. The van der Waals surface area contributed by atoms with Crippen molar-refractivity contribution in [2.24, 2.45) is 0 Å². The molecule has 0 fully saturated rings. The topological polar surface area (TPSA) is 140 Å². The van der Waals surface area contributed by atoms with E-state index in [-0.39, 0.29) is 11.6 Å². The molecule has 0 bridgehead atoms. The number of amides is 2. The average molecular weight is 647 g/mol. The summed E-state index contributed by atoms with van der Waals surface area (Å²) in [5.41, 5.74) is 1.23. The predicted octanol–water partition coefficient (Wildman–Crippen LogP) is 9.02. The van der Waals surface area contributed by atoms with Gasteiger partial charge in [-0.05, 0) is 139 Å². The lowest BCUT2D eigenvalue weighted by molar-refractivity contribution is 0.0624. The van der Waals surface area contributed by atoms with Gasteiger partial charge < -0.3 is 19.3 Å². The Labute approximate surface area is 273 Å². The fraction of sp³-hybridized carbons (Fsp3) is 0.222. The summed E-state index contributed by atoms with van der Waals surface area (Å²) < 4.78 is 28.0. The summed E-state index contributed by atoms with van der Waals surface area (Å²) in [7, 11) is 0. The number of carbonyl (C=O) groups excluding carboxylic acids is 4. The number of benzene rings is 4. The number of phenols is 1. The van der Waals surface area contributed by atoms with Crippen LogP contribution in [0.4, 0.5) is 25.4 Å². The summed E-state index contributed by atoms with van der Waals surface area (Å²) in [6.07, 6.45) is 0.448. The van der Waals surface area contributed by atoms with Gasteiger partial charge >= 0.3 is 12.2 Å². The maximum Gasteiger partial charge on any atom is 0.412 e. The molecular formula is C36H39FN2O8. The van der Waals surface area contributed by atoms with Crippen molar-refractivity contribution in [3.8, 4) is 17.2 Å². The van der Waals surface area contributed by atoms with Crippen LogP contribution < -0.4 is 15.4 Å². The molecule has 10 nitrogen and oxygen atoms in total. The zero-order valence-electron chi connectivity index (χ0n) is 27.1. The van der Waals surface area contributed by atoms with E-state index in [1.807, 2.05) is 0 Å². The largest absolute Gasteiger partial charge is 0.508 e. The van der Waals surface area contributed by atoms with E-state index in [9.17, 15) is 23.6 Å². The van der Waals surface area contributed by atoms with Crippen molar-refractivity contribution >= 4 is 36.1 Å². The van der Waals surface area contributed by atoms with Crippen LogP contribution >= 0.6 is 0 Å². The number of rotatable bonds is 6. The Balaban J connectivity index is 0.000000273. The number of anilines is 2. The summed E-state index contributed by atoms with van der Waals surface area (Å²) in [6, 6.07) is 25.3. The third kappa shape index (κ3) is 16.3. The molecule has 0 saturated heterocycles. The van der Waals surface area contributed by atoms with Crippen LogP contribution in [-0.2, 0) is 9.47 Å². The molecule has 11 heteroatoms. The molecule has 0 heterocycles. The van der Waals surface area contributed by atoms with Gasteiger partial charge in [0.15, 0.2) is 0 Å². The van der Waals surface area contributed by atoms with Crippen molar-refractivity contribution in [1.29, 1.82) is 0 Å². The molecule has 0 saturated carbocycles. The Bertz CT molecular complexity index is 1580. The lowest BCUT2D eigenvalue weighted by Crippen LogP contribution is -2.27. The number of halogens is 1. The summed E-state index contributed by atoms with van der Waals surface area (Å²) in [5, 5.41) is 14.2. The average Bonchev–Trinajstić information content (AvgIpc) is 2.99.